The zero-order valence-corrected chi connectivity index (χ0v) is 12.7. The molecule has 1 fully saturated rings. The number of benzene rings is 1. The minimum atomic E-state index is 0.463. The lowest BCUT2D eigenvalue weighted by Gasteiger charge is -2.09. The molecular formula is C17H17ClN2O. The number of nitrogens with zero attached hydrogens (tertiary/aromatic N) is 2. The Bertz CT molecular complexity index is 651. The summed E-state index contributed by atoms with van der Waals surface area (Å²) in [5, 5.41) is 0.494. The van der Waals surface area contributed by atoms with Crippen molar-refractivity contribution in [1.29, 1.82) is 0 Å². The Kier molecular flexibility index (Phi) is 4.20. The van der Waals surface area contributed by atoms with Crippen LogP contribution in [-0.2, 0) is 0 Å². The average molecular weight is 301 g/mol. The van der Waals surface area contributed by atoms with E-state index >= 15 is 0 Å². The molecule has 0 spiro atoms. The summed E-state index contributed by atoms with van der Waals surface area (Å²) in [6.07, 6.45) is 6.29. The second kappa shape index (κ2) is 6.27. The van der Waals surface area contributed by atoms with Crippen molar-refractivity contribution >= 4 is 17.7 Å². The van der Waals surface area contributed by atoms with Crippen LogP contribution in [0.25, 0.3) is 6.08 Å². The summed E-state index contributed by atoms with van der Waals surface area (Å²) in [4.78, 5) is 8.82. The summed E-state index contributed by atoms with van der Waals surface area (Å²) >= 11 is 6.15. The third-order valence-corrected chi connectivity index (χ3v) is 3.80. The number of rotatable bonds is 5. The van der Waals surface area contributed by atoms with Gasteiger partial charge in [-0.05, 0) is 31.4 Å². The van der Waals surface area contributed by atoms with Crippen molar-refractivity contribution in [2.24, 2.45) is 0 Å². The molecule has 0 unspecified atom stereocenters. The molecule has 1 aliphatic rings. The first-order chi connectivity index (χ1) is 10.2. The SMILES string of the molecule is Cc1c(Cl)nc(C2CC2)nc1OC/C=C/c1ccccc1. The number of hydrogen-bond donors (Lipinski definition) is 0. The van der Waals surface area contributed by atoms with Gasteiger partial charge in [0.15, 0.2) is 0 Å². The Labute approximate surface area is 129 Å². The van der Waals surface area contributed by atoms with Gasteiger partial charge >= 0.3 is 0 Å². The molecule has 0 amide bonds. The Hall–Kier alpha value is -1.87. The van der Waals surface area contributed by atoms with Gasteiger partial charge < -0.3 is 4.74 Å². The van der Waals surface area contributed by atoms with E-state index in [1.54, 1.807) is 0 Å². The second-order valence-electron chi connectivity index (χ2n) is 5.20. The molecule has 0 atom stereocenters. The van der Waals surface area contributed by atoms with Crippen molar-refractivity contribution in [2.75, 3.05) is 6.61 Å². The van der Waals surface area contributed by atoms with Crippen LogP contribution in [0.5, 0.6) is 5.88 Å². The van der Waals surface area contributed by atoms with Crippen LogP contribution in [0.1, 0.15) is 35.7 Å². The van der Waals surface area contributed by atoms with E-state index in [1.165, 1.54) is 0 Å². The average Bonchev–Trinajstić information content (AvgIpc) is 3.33. The van der Waals surface area contributed by atoms with Crippen LogP contribution in [0.2, 0.25) is 5.15 Å². The summed E-state index contributed by atoms with van der Waals surface area (Å²) in [5.74, 6) is 1.87. The quantitative estimate of drug-likeness (QED) is 0.767. The van der Waals surface area contributed by atoms with Crippen LogP contribution in [0.15, 0.2) is 36.4 Å². The van der Waals surface area contributed by atoms with Gasteiger partial charge in [-0.3, -0.25) is 0 Å². The predicted molar refractivity (Wildman–Crippen MR) is 84.7 cm³/mol. The minimum Gasteiger partial charge on any atom is -0.473 e. The Morgan fingerprint density at radius 1 is 1.24 bits per heavy atom. The van der Waals surface area contributed by atoms with Gasteiger partial charge in [-0.25, -0.2) is 4.98 Å². The van der Waals surface area contributed by atoms with E-state index < -0.39 is 0 Å². The van der Waals surface area contributed by atoms with Gasteiger partial charge in [-0.2, -0.15) is 4.98 Å². The molecule has 0 radical (unpaired) electrons. The molecule has 1 aromatic heterocycles. The van der Waals surface area contributed by atoms with Gasteiger partial charge in [-0.15, -0.1) is 0 Å². The van der Waals surface area contributed by atoms with Crippen LogP contribution in [0.3, 0.4) is 0 Å². The van der Waals surface area contributed by atoms with Crippen molar-refractivity contribution in [3.63, 3.8) is 0 Å². The first-order valence-corrected chi connectivity index (χ1v) is 7.50. The van der Waals surface area contributed by atoms with Crippen LogP contribution < -0.4 is 4.74 Å². The van der Waals surface area contributed by atoms with Gasteiger partial charge in [0.1, 0.15) is 17.6 Å². The fraction of sp³-hybridized carbons (Fsp3) is 0.294. The van der Waals surface area contributed by atoms with E-state index in [9.17, 15) is 0 Å². The van der Waals surface area contributed by atoms with Gasteiger partial charge in [0.2, 0.25) is 5.88 Å². The maximum Gasteiger partial charge on any atom is 0.221 e. The molecule has 1 aliphatic carbocycles. The first-order valence-electron chi connectivity index (χ1n) is 7.12. The molecular weight excluding hydrogens is 284 g/mol. The molecule has 0 aliphatic heterocycles. The molecule has 0 bridgehead atoms. The molecule has 3 nitrogen and oxygen atoms in total. The van der Waals surface area contributed by atoms with E-state index in [4.69, 9.17) is 16.3 Å². The van der Waals surface area contributed by atoms with Gasteiger partial charge in [0.05, 0.1) is 0 Å². The molecule has 2 aromatic rings. The van der Waals surface area contributed by atoms with Crippen LogP contribution in [0, 0.1) is 6.92 Å². The Balaban J connectivity index is 1.66. The smallest absolute Gasteiger partial charge is 0.221 e. The summed E-state index contributed by atoms with van der Waals surface area (Å²) < 4.78 is 5.74. The highest BCUT2D eigenvalue weighted by molar-refractivity contribution is 6.30. The Morgan fingerprint density at radius 3 is 2.71 bits per heavy atom. The number of halogens is 1. The van der Waals surface area contributed by atoms with Crippen LogP contribution in [0.4, 0.5) is 0 Å². The summed E-state index contributed by atoms with van der Waals surface area (Å²) in [5.41, 5.74) is 1.95. The molecule has 0 N–H and O–H groups in total. The summed E-state index contributed by atoms with van der Waals surface area (Å²) in [7, 11) is 0. The van der Waals surface area contributed by atoms with E-state index in [2.05, 4.69) is 22.1 Å². The number of hydrogen-bond acceptors (Lipinski definition) is 3. The van der Waals surface area contributed by atoms with Crippen molar-refractivity contribution < 1.29 is 4.74 Å². The highest BCUT2D eigenvalue weighted by Gasteiger charge is 2.28. The zero-order chi connectivity index (χ0) is 14.7. The molecule has 0 saturated heterocycles. The lowest BCUT2D eigenvalue weighted by molar-refractivity contribution is 0.344. The van der Waals surface area contributed by atoms with E-state index in [0.717, 1.165) is 29.8 Å². The molecule has 1 aromatic carbocycles. The van der Waals surface area contributed by atoms with E-state index in [-0.39, 0.29) is 0 Å². The minimum absolute atomic E-state index is 0.463. The van der Waals surface area contributed by atoms with E-state index in [1.807, 2.05) is 37.3 Å². The standard InChI is InChI=1S/C17H17ClN2O/c1-12-15(18)19-16(14-9-10-14)20-17(12)21-11-5-8-13-6-3-2-4-7-13/h2-8,14H,9-11H2,1H3/b8-5+. The second-order valence-corrected chi connectivity index (χ2v) is 5.56. The lowest BCUT2D eigenvalue weighted by atomic mass is 10.2. The molecule has 21 heavy (non-hydrogen) atoms. The number of ether oxygens (including phenoxy) is 1. The van der Waals surface area contributed by atoms with Crippen LogP contribution >= 0.6 is 11.6 Å². The number of aromatic nitrogens is 2. The highest BCUT2D eigenvalue weighted by atomic mass is 35.5. The molecule has 1 heterocycles. The monoisotopic (exact) mass is 300 g/mol. The maximum atomic E-state index is 6.15. The molecule has 3 rings (SSSR count). The van der Waals surface area contributed by atoms with Gasteiger partial charge in [0, 0.05) is 11.5 Å². The van der Waals surface area contributed by atoms with E-state index in [0.29, 0.717) is 23.6 Å². The largest absolute Gasteiger partial charge is 0.473 e. The van der Waals surface area contributed by atoms with Crippen molar-refractivity contribution in [2.45, 2.75) is 25.7 Å². The summed E-state index contributed by atoms with van der Waals surface area (Å²) in [6, 6.07) is 10.1. The van der Waals surface area contributed by atoms with Gasteiger partial charge in [-0.1, -0.05) is 48.0 Å². The normalized spacial score (nSPS) is 14.6. The fourth-order valence-electron chi connectivity index (χ4n) is 2.03. The third kappa shape index (κ3) is 3.61. The predicted octanol–water partition coefficient (Wildman–Crippen LogP) is 4.41. The molecule has 1 saturated carbocycles. The third-order valence-electron chi connectivity index (χ3n) is 3.43. The van der Waals surface area contributed by atoms with Crippen molar-refractivity contribution in [3.8, 4) is 5.88 Å². The maximum absolute atomic E-state index is 6.15. The first kappa shape index (κ1) is 14.1. The van der Waals surface area contributed by atoms with Gasteiger partial charge in [0.25, 0.3) is 0 Å². The highest BCUT2D eigenvalue weighted by Crippen LogP contribution is 2.39. The topological polar surface area (TPSA) is 35.0 Å². The molecule has 4 heteroatoms. The van der Waals surface area contributed by atoms with Crippen molar-refractivity contribution in [1.82, 2.24) is 9.97 Å². The fourth-order valence-corrected chi connectivity index (χ4v) is 2.19. The van der Waals surface area contributed by atoms with Crippen molar-refractivity contribution in [3.05, 3.63) is 58.5 Å². The summed E-state index contributed by atoms with van der Waals surface area (Å²) in [6.45, 7) is 2.35. The zero-order valence-electron chi connectivity index (χ0n) is 11.9. The Morgan fingerprint density at radius 2 is 2.00 bits per heavy atom. The van der Waals surface area contributed by atoms with Crippen LogP contribution in [-0.4, -0.2) is 16.6 Å². The lowest BCUT2D eigenvalue weighted by Crippen LogP contribution is -2.03. The molecule has 108 valence electrons.